The van der Waals surface area contributed by atoms with Crippen LogP contribution in [0.25, 0.3) is 105 Å². The van der Waals surface area contributed by atoms with E-state index in [1.54, 1.807) is 0 Å². The maximum absolute atomic E-state index is 7.07. The summed E-state index contributed by atoms with van der Waals surface area (Å²) in [6.45, 7) is 0. The molecule has 0 aliphatic rings. The van der Waals surface area contributed by atoms with E-state index in [1.807, 2.05) is 12.1 Å². The highest BCUT2D eigenvalue weighted by Crippen LogP contribution is 2.45. The Morgan fingerprint density at radius 2 is 0.941 bits per heavy atom. The fourth-order valence-electron chi connectivity index (χ4n) is 8.07. The molecular formula is C48H29NO2. The number of furan rings is 2. The highest BCUT2D eigenvalue weighted by Gasteiger charge is 2.22. The molecule has 0 bridgehead atoms. The number of para-hydroxylation sites is 4. The van der Waals surface area contributed by atoms with Crippen LogP contribution in [0.5, 0.6) is 0 Å². The molecule has 3 heteroatoms. The Balaban J connectivity index is 1.20. The van der Waals surface area contributed by atoms with E-state index in [0.29, 0.717) is 0 Å². The first kappa shape index (κ1) is 28.0. The van der Waals surface area contributed by atoms with Gasteiger partial charge in [0, 0.05) is 43.4 Å². The van der Waals surface area contributed by atoms with Crippen molar-refractivity contribution in [2.24, 2.45) is 0 Å². The molecule has 3 nitrogen and oxygen atoms in total. The molecule has 8 aromatic carbocycles. The molecule has 0 aliphatic carbocycles. The smallest absolute Gasteiger partial charge is 0.159 e. The van der Waals surface area contributed by atoms with Gasteiger partial charge in [-0.25, -0.2) is 0 Å². The van der Waals surface area contributed by atoms with Gasteiger partial charge in [-0.1, -0.05) is 133 Å². The van der Waals surface area contributed by atoms with Crippen LogP contribution in [0.2, 0.25) is 0 Å². The zero-order valence-electron chi connectivity index (χ0n) is 27.5. The van der Waals surface area contributed by atoms with Gasteiger partial charge in [0.25, 0.3) is 0 Å². The number of nitrogens with zero attached hydrogens (tertiary/aromatic N) is 1. The highest BCUT2D eigenvalue weighted by atomic mass is 16.3. The summed E-state index contributed by atoms with van der Waals surface area (Å²) in [6, 6.07) is 62.4. The van der Waals surface area contributed by atoms with Crippen LogP contribution in [0.15, 0.2) is 185 Å². The van der Waals surface area contributed by atoms with E-state index in [-0.39, 0.29) is 0 Å². The Hall–Kier alpha value is -6.84. The lowest BCUT2D eigenvalue weighted by atomic mass is 9.95. The molecule has 0 aliphatic heterocycles. The van der Waals surface area contributed by atoms with Gasteiger partial charge in [-0.3, -0.25) is 0 Å². The first-order valence-corrected chi connectivity index (χ1v) is 17.3. The van der Waals surface area contributed by atoms with Crippen molar-refractivity contribution in [2.45, 2.75) is 0 Å². The summed E-state index contributed by atoms with van der Waals surface area (Å²) in [4.78, 5) is 0. The molecule has 0 radical (unpaired) electrons. The van der Waals surface area contributed by atoms with Gasteiger partial charge in [0.15, 0.2) is 5.58 Å². The van der Waals surface area contributed by atoms with Crippen molar-refractivity contribution < 1.29 is 8.83 Å². The van der Waals surface area contributed by atoms with Crippen LogP contribution < -0.4 is 0 Å². The molecule has 11 aromatic rings. The third kappa shape index (κ3) is 4.19. The Morgan fingerprint density at radius 1 is 0.314 bits per heavy atom. The highest BCUT2D eigenvalue weighted by molar-refractivity contribution is 6.17. The summed E-state index contributed by atoms with van der Waals surface area (Å²) < 4.78 is 16.0. The average Bonchev–Trinajstić information content (AvgIpc) is 3.88. The summed E-state index contributed by atoms with van der Waals surface area (Å²) >= 11 is 0. The molecule has 0 saturated heterocycles. The number of rotatable bonds is 4. The second-order valence-electron chi connectivity index (χ2n) is 13.3. The van der Waals surface area contributed by atoms with Gasteiger partial charge in [0.05, 0.1) is 16.7 Å². The van der Waals surface area contributed by atoms with Crippen molar-refractivity contribution in [1.29, 1.82) is 0 Å². The van der Waals surface area contributed by atoms with Crippen molar-refractivity contribution in [2.75, 3.05) is 0 Å². The number of aromatic nitrogens is 1. The Morgan fingerprint density at radius 3 is 1.78 bits per heavy atom. The molecule has 0 atom stereocenters. The second kappa shape index (κ2) is 10.8. The molecule has 0 unspecified atom stereocenters. The van der Waals surface area contributed by atoms with Crippen LogP contribution in [-0.2, 0) is 0 Å². The van der Waals surface area contributed by atoms with Crippen molar-refractivity contribution in [3.05, 3.63) is 176 Å². The lowest BCUT2D eigenvalue weighted by Gasteiger charge is -2.09. The minimum absolute atomic E-state index is 0.860. The lowest BCUT2D eigenvalue weighted by Crippen LogP contribution is -1.94. The fraction of sp³-hybridized carbons (Fsp3) is 0. The molecule has 0 spiro atoms. The predicted molar refractivity (Wildman–Crippen MR) is 212 cm³/mol. The summed E-state index contributed by atoms with van der Waals surface area (Å²) in [6.07, 6.45) is 0. The zero-order valence-corrected chi connectivity index (χ0v) is 27.5. The minimum Gasteiger partial charge on any atom is -0.455 e. The van der Waals surface area contributed by atoms with Crippen LogP contribution in [-0.4, -0.2) is 4.57 Å². The second-order valence-corrected chi connectivity index (χ2v) is 13.3. The van der Waals surface area contributed by atoms with Gasteiger partial charge < -0.3 is 13.4 Å². The van der Waals surface area contributed by atoms with E-state index < -0.39 is 0 Å². The van der Waals surface area contributed by atoms with Crippen LogP contribution in [0.3, 0.4) is 0 Å². The molecule has 3 heterocycles. The van der Waals surface area contributed by atoms with Crippen molar-refractivity contribution >= 4 is 65.7 Å². The van der Waals surface area contributed by atoms with Crippen molar-refractivity contribution in [3.8, 4) is 39.1 Å². The van der Waals surface area contributed by atoms with Gasteiger partial charge in [0.2, 0.25) is 0 Å². The van der Waals surface area contributed by atoms with Crippen LogP contribution in [0.4, 0.5) is 0 Å². The summed E-state index contributed by atoms with van der Waals surface area (Å²) in [7, 11) is 0. The van der Waals surface area contributed by atoms with Crippen LogP contribution in [0, 0.1) is 0 Å². The van der Waals surface area contributed by atoms with Gasteiger partial charge in [-0.2, -0.15) is 0 Å². The minimum atomic E-state index is 0.860. The SMILES string of the molecule is c1ccc(-c2ccc3c(c2)c2ccccc2n3-c2cccc3c2oc2c(-c4ccccc4)cc(-c4cccc5c4oc4ccccc45)cc23)cc1. The van der Waals surface area contributed by atoms with Gasteiger partial charge in [0.1, 0.15) is 16.7 Å². The van der Waals surface area contributed by atoms with E-state index in [0.717, 1.165) is 82.9 Å². The number of hydrogen-bond donors (Lipinski definition) is 0. The number of hydrogen-bond acceptors (Lipinski definition) is 2. The van der Waals surface area contributed by atoms with E-state index in [1.165, 1.54) is 21.9 Å². The largest absolute Gasteiger partial charge is 0.455 e. The molecule has 11 rings (SSSR count). The Labute approximate surface area is 293 Å². The van der Waals surface area contributed by atoms with Crippen molar-refractivity contribution in [1.82, 2.24) is 4.57 Å². The lowest BCUT2D eigenvalue weighted by molar-refractivity contribution is 0.667. The quantitative estimate of drug-likeness (QED) is 0.190. The summed E-state index contributed by atoms with van der Waals surface area (Å²) in [5.41, 5.74) is 13.5. The number of benzene rings is 8. The maximum Gasteiger partial charge on any atom is 0.159 e. The Kier molecular flexibility index (Phi) is 5.96. The predicted octanol–water partition coefficient (Wildman–Crippen LogP) is 13.6. The maximum atomic E-state index is 7.07. The summed E-state index contributed by atoms with van der Waals surface area (Å²) in [5.74, 6) is 0. The third-order valence-corrected chi connectivity index (χ3v) is 10.4. The molecule has 3 aromatic heterocycles. The normalized spacial score (nSPS) is 11.9. The molecule has 238 valence electrons. The fourth-order valence-corrected chi connectivity index (χ4v) is 8.07. The molecule has 0 saturated carbocycles. The first-order chi connectivity index (χ1) is 25.3. The topological polar surface area (TPSA) is 31.2 Å². The van der Waals surface area contributed by atoms with Gasteiger partial charge in [-0.05, 0) is 64.7 Å². The van der Waals surface area contributed by atoms with Crippen LogP contribution in [0.1, 0.15) is 0 Å². The molecule has 0 fully saturated rings. The molecule has 51 heavy (non-hydrogen) atoms. The zero-order chi connectivity index (χ0) is 33.5. The number of fused-ring (bicyclic) bond motifs is 9. The standard InChI is InChI=1S/C48H29NO2/c1-3-13-30(14-4-1)32-25-26-43-40(27-32)35-17-7-9-22-42(35)49(43)44-23-12-21-38-41-29-33(28-39(47(41)51-48(38)44)31-15-5-2-6-16-31)34-19-11-20-37-36-18-8-10-24-45(36)50-46(34)37/h1-29H. The van der Waals surface area contributed by atoms with Crippen LogP contribution >= 0.6 is 0 Å². The van der Waals surface area contributed by atoms with E-state index >= 15 is 0 Å². The molecule has 0 amide bonds. The van der Waals surface area contributed by atoms with E-state index in [2.05, 4.69) is 168 Å². The summed E-state index contributed by atoms with van der Waals surface area (Å²) in [5, 5.41) is 6.81. The van der Waals surface area contributed by atoms with E-state index in [4.69, 9.17) is 8.83 Å². The molecular weight excluding hydrogens is 623 g/mol. The van der Waals surface area contributed by atoms with E-state index in [9.17, 15) is 0 Å². The first-order valence-electron chi connectivity index (χ1n) is 17.3. The molecule has 0 N–H and O–H groups in total. The van der Waals surface area contributed by atoms with Gasteiger partial charge in [-0.15, -0.1) is 0 Å². The van der Waals surface area contributed by atoms with Crippen molar-refractivity contribution in [3.63, 3.8) is 0 Å². The monoisotopic (exact) mass is 651 g/mol. The third-order valence-electron chi connectivity index (χ3n) is 10.4. The average molecular weight is 652 g/mol. The Bertz CT molecular complexity index is 3130. The van der Waals surface area contributed by atoms with Gasteiger partial charge >= 0.3 is 0 Å².